The second-order valence-corrected chi connectivity index (χ2v) is 6.73. The quantitative estimate of drug-likeness (QED) is 0.550. The van der Waals surface area contributed by atoms with Crippen LogP contribution in [0.4, 0.5) is 0 Å². The number of nitrogens with one attached hydrogen (secondary N) is 1. The van der Waals surface area contributed by atoms with E-state index in [1.54, 1.807) is 0 Å². The van der Waals surface area contributed by atoms with Crippen LogP contribution < -0.4 is 11.1 Å². The van der Waals surface area contributed by atoms with E-state index in [0.29, 0.717) is 4.99 Å². The van der Waals surface area contributed by atoms with Gasteiger partial charge in [0.05, 0.1) is 22.5 Å². The van der Waals surface area contributed by atoms with Gasteiger partial charge in [-0.25, -0.2) is 0 Å². The molecular formula is C15H26N2O2S. The molecule has 0 aromatic heterocycles. The molecule has 4 N–H and O–H groups in total. The van der Waals surface area contributed by atoms with Crippen LogP contribution in [-0.2, 0) is 4.79 Å². The summed E-state index contributed by atoms with van der Waals surface area (Å²) in [6.45, 7) is 0. The van der Waals surface area contributed by atoms with Crippen LogP contribution >= 0.6 is 12.2 Å². The molecule has 2 aliphatic rings. The first-order valence-corrected chi connectivity index (χ1v) is 8.26. The van der Waals surface area contributed by atoms with Crippen LogP contribution in [0.1, 0.15) is 64.2 Å². The van der Waals surface area contributed by atoms with Crippen molar-refractivity contribution >= 4 is 23.1 Å². The summed E-state index contributed by atoms with van der Waals surface area (Å²) in [4.78, 5) is 13.0. The summed E-state index contributed by atoms with van der Waals surface area (Å²) < 4.78 is 0. The standard InChI is InChI=1S/C15H26N2O2S/c16-13(20)15(9-5-2-6-10-15)14(19)17-11-7-3-1-4-8-12(11)18/h11-12,18H,1-10H2,(H2,16,20)(H,17,19). The van der Waals surface area contributed by atoms with Gasteiger partial charge in [0.1, 0.15) is 0 Å². The van der Waals surface area contributed by atoms with Gasteiger partial charge in [0.2, 0.25) is 5.91 Å². The SMILES string of the molecule is NC(=S)C1(C(=O)NC2CCCCCC2O)CCCCC1. The number of hydrogen-bond acceptors (Lipinski definition) is 3. The van der Waals surface area contributed by atoms with Crippen molar-refractivity contribution in [2.45, 2.75) is 76.4 Å². The van der Waals surface area contributed by atoms with Crippen LogP contribution in [0.2, 0.25) is 0 Å². The fourth-order valence-corrected chi connectivity index (χ4v) is 3.80. The number of nitrogens with two attached hydrogens (primary N) is 1. The third-order valence-electron chi connectivity index (χ3n) is 4.91. The number of rotatable bonds is 3. The van der Waals surface area contributed by atoms with Crippen molar-refractivity contribution in [2.24, 2.45) is 11.1 Å². The van der Waals surface area contributed by atoms with Gasteiger partial charge in [0.25, 0.3) is 0 Å². The Morgan fingerprint density at radius 3 is 2.35 bits per heavy atom. The van der Waals surface area contributed by atoms with Crippen molar-refractivity contribution in [1.82, 2.24) is 5.32 Å². The lowest BCUT2D eigenvalue weighted by atomic mass is 9.73. The van der Waals surface area contributed by atoms with Crippen molar-refractivity contribution < 1.29 is 9.90 Å². The van der Waals surface area contributed by atoms with E-state index in [-0.39, 0.29) is 11.9 Å². The summed E-state index contributed by atoms with van der Waals surface area (Å²) in [5.41, 5.74) is 5.20. The van der Waals surface area contributed by atoms with E-state index in [0.717, 1.165) is 64.2 Å². The molecule has 4 nitrogen and oxygen atoms in total. The molecule has 0 heterocycles. The maximum absolute atomic E-state index is 12.7. The van der Waals surface area contributed by atoms with E-state index in [1.807, 2.05) is 0 Å². The largest absolute Gasteiger partial charge is 0.392 e. The number of amides is 1. The van der Waals surface area contributed by atoms with Crippen LogP contribution in [0.3, 0.4) is 0 Å². The molecule has 2 atom stereocenters. The lowest BCUT2D eigenvalue weighted by molar-refractivity contribution is -0.130. The van der Waals surface area contributed by atoms with E-state index in [1.165, 1.54) is 0 Å². The Morgan fingerprint density at radius 1 is 1.10 bits per heavy atom. The van der Waals surface area contributed by atoms with Gasteiger partial charge >= 0.3 is 0 Å². The first-order chi connectivity index (χ1) is 9.56. The highest BCUT2D eigenvalue weighted by atomic mass is 32.1. The van der Waals surface area contributed by atoms with Crippen LogP contribution in [0, 0.1) is 5.41 Å². The lowest BCUT2D eigenvalue weighted by Crippen LogP contribution is -2.54. The number of carbonyl (C=O) groups excluding carboxylic acids is 1. The number of hydrogen-bond donors (Lipinski definition) is 3. The lowest BCUT2D eigenvalue weighted by Gasteiger charge is -2.36. The monoisotopic (exact) mass is 298 g/mol. The van der Waals surface area contributed by atoms with Gasteiger partial charge in [-0.15, -0.1) is 0 Å². The number of aliphatic hydroxyl groups is 1. The predicted octanol–water partition coefficient (Wildman–Crippen LogP) is 2.03. The third-order valence-corrected chi connectivity index (χ3v) is 5.30. The molecule has 0 spiro atoms. The molecule has 2 aliphatic carbocycles. The Kier molecular flexibility index (Phi) is 5.38. The maximum atomic E-state index is 12.7. The van der Waals surface area contributed by atoms with Gasteiger partial charge in [0, 0.05) is 0 Å². The van der Waals surface area contributed by atoms with Crippen molar-refractivity contribution in [3.05, 3.63) is 0 Å². The van der Waals surface area contributed by atoms with Gasteiger partial charge in [0.15, 0.2) is 0 Å². The molecule has 5 heteroatoms. The van der Waals surface area contributed by atoms with Crippen LogP contribution in [0.5, 0.6) is 0 Å². The minimum absolute atomic E-state index is 0.0596. The van der Waals surface area contributed by atoms with E-state index in [4.69, 9.17) is 18.0 Å². The molecule has 20 heavy (non-hydrogen) atoms. The highest BCUT2D eigenvalue weighted by Crippen LogP contribution is 2.37. The molecule has 2 unspecified atom stereocenters. The highest BCUT2D eigenvalue weighted by Gasteiger charge is 2.43. The normalized spacial score (nSPS) is 30.2. The van der Waals surface area contributed by atoms with Crippen molar-refractivity contribution in [2.75, 3.05) is 0 Å². The van der Waals surface area contributed by atoms with Crippen molar-refractivity contribution in [3.63, 3.8) is 0 Å². The molecule has 0 radical (unpaired) electrons. The average Bonchev–Trinajstić information content (AvgIpc) is 2.64. The zero-order valence-electron chi connectivity index (χ0n) is 12.1. The van der Waals surface area contributed by atoms with Gasteiger partial charge in [-0.05, 0) is 25.7 Å². The minimum atomic E-state index is -0.681. The summed E-state index contributed by atoms with van der Waals surface area (Å²) in [5.74, 6) is -0.0596. The molecule has 2 rings (SSSR count). The average molecular weight is 298 g/mol. The third kappa shape index (κ3) is 3.31. The van der Waals surface area contributed by atoms with Crippen molar-refractivity contribution in [3.8, 4) is 0 Å². The molecule has 0 bridgehead atoms. The predicted molar refractivity (Wildman–Crippen MR) is 83.3 cm³/mol. The first-order valence-electron chi connectivity index (χ1n) is 7.85. The topological polar surface area (TPSA) is 75.4 Å². The molecule has 1 amide bonds. The Morgan fingerprint density at radius 2 is 1.70 bits per heavy atom. The number of thiocarbonyl (C=S) groups is 1. The van der Waals surface area contributed by atoms with E-state index < -0.39 is 11.5 Å². The van der Waals surface area contributed by atoms with Gasteiger partial charge in [-0.2, -0.15) is 0 Å². The van der Waals surface area contributed by atoms with E-state index in [9.17, 15) is 9.90 Å². The fraction of sp³-hybridized carbons (Fsp3) is 0.867. The second-order valence-electron chi connectivity index (χ2n) is 6.29. The highest BCUT2D eigenvalue weighted by molar-refractivity contribution is 7.80. The zero-order valence-corrected chi connectivity index (χ0v) is 12.9. The number of aliphatic hydroxyl groups excluding tert-OH is 1. The fourth-order valence-electron chi connectivity index (χ4n) is 3.50. The molecular weight excluding hydrogens is 272 g/mol. The molecule has 2 saturated carbocycles. The number of carbonyl (C=O) groups is 1. The molecule has 0 aromatic carbocycles. The zero-order chi connectivity index (χ0) is 14.6. The maximum Gasteiger partial charge on any atom is 0.233 e. The van der Waals surface area contributed by atoms with Crippen molar-refractivity contribution in [1.29, 1.82) is 0 Å². The molecule has 2 fully saturated rings. The first kappa shape index (κ1) is 15.7. The minimum Gasteiger partial charge on any atom is -0.392 e. The molecule has 0 aromatic rings. The molecule has 0 aliphatic heterocycles. The summed E-state index contributed by atoms with van der Waals surface area (Å²) in [5, 5.41) is 13.2. The summed E-state index contributed by atoms with van der Waals surface area (Å²) >= 11 is 5.18. The van der Waals surface area contributed by atoms with Crippen LogP contribution in [-0.4, -0.2) is 28.1 Å². The summed E-state index contributed by atoms with van der Waals surface area (Å²) in [6.07, 6.45) is 9.03. The Hall–Kier alpha value is -0.680. The van der Waals surface area contributed by atoms with Gasteiger partial charge in [-0.3, -0.25) is 4.79 Å². The summed E-state index contributed by atoms with van der Waals surface area (Å²) in [7, 11) is 0. The Labute approximate surface area is 126 Å². The van der Waals surface area contributed by atoms with Crippen LogP contribution in [0.25, 0.3) is 0 Å². The second kappa shape index (κ2) is 6.85. The molecule has 0 saturated heterocycles. The van der Waals surface area contributed by atoms with E-state index in [2.05, 4.69) is 5.32 Å². The van der Waals surface area contributed by atoms with E-state index >= 15 is 0 Å². The van der Waals surface area contributed by atoms with Gasteiger partial charge < -0.3 is 16.2 Å². The van der Waals surface area contributed by atoms with Crippen LogP contribution in [0.15, 0.2) is 0 Å². The van der Waals surface area contributed by atoms with Gasteiger partial charge in [-0.1, -0.05) is 50.7 Å². The summed E-state index contributed by atoms with van der Waals surface area (Å²) in [6, 6.07) is -0.141. The Balaban J connectivity index is 2.06. The Bertz CT molecular complexity index is 367. The molecule has 114 valence electrons. The smallest absolute Gasteiger partial charge is 0.233 e.